The van der Waals surface area contributed by atoms with Crippen molar-refractivity contribution in [1.29, 1.82) is 0 Å². The number of anilines is 1. The predicted molar refractivity (Wildman–Crippen MR) is 536 cm³/mol. The number of benzene rings is 9. The minimum absolute atomic E-state index is 0.0672. The van der Waals surface area contributed by atoms with Crippen molar-refractivity contribution in [2.45, 2.75) is 152 Å². The summed E-state index contributed by atoms with van der Waals surface area (Å²) in [5.41, 5.74) is 39.1. The van der Waals surface area contributed by atoms with Crippen LogP contribution in [0.25, 0.3) is 117 Å². The normalized spacial score (nSPS) is 11.8. The highest BCUT2D eigenvalue weighted by Crippen LogP contribution is 2.36. The molecule has 0 radical (unpaired) electrons. The van der Waals surface area contributed by atoms with Gasteiger partial charge in [0.05, 0.1) is 51.2 Å². The summed E-state index contributed by atoms with van der Waals surface area (Å²) in [7, 11) is 0. The molecule has 1 aliphatic rings. The monoisotopic (exact) mass is 1750 g/mol. The topological polar surface area (TPSA) is 222 Å². The van der Waals surface area contributed by atoms with Crippen LogP contribution in [-0.4, -0.2) is 90.2 Å². The molecular weight excluding hydrogens is 1650 g/mol. The van der Waals surface area contributed by atoms with Crippen LogP contribution in [0.5, 0.6) is 0 Å². The summed E-state index contributed by atoms with van der Waals surface area (Å²) in [6.45, 7) is 43.6. The van der Waals surface area contributed by atoms with Crippen molar-refractivity contribution >= 4 is 44.6 Å². The number of hydrogen-bond acceptors (Lipinski definition) is 13. The molecule has 0 saturated carbocycles. The summed E-state index contributed by atoms with van der Waals surface area (Å²) >= 11 is 0. The van der Waals surface area contributed by atoms with Gasteiger partial charge in [0.2, 0.25) is 11.9 Å². The Morgan fingerprint density at radius 2 is 0.579 bits per heavy atom. The number of carbonyl (C=O) groups excluding carboxylic acids is 1. The van der Waals surface area contributed by atoms with Gasteiger partial charge in [0.15, 0.2) is 0 Å². The zero-order valence-electron chi connectivity index (χ0n) is 79.2. The second-order valence-corrected chi connectivity index (χ2v) is 35.4. The van der Waals surface area contributed by atoms with Crippen molar-refractivity contribution in [3.05, 3.63) is 403 Å². The van der Waals surface area contributed by atoms with Crippen LogP contribution in [0.2, 0.25) is 0 Å². The summed E-state index contributed by atoms with van der Waals surface area (Å²) < 4.78 is 12.0. The van der Waals surface area contributed by atoms with Gasteiger partial charge < -0.3 is 0 Å². The van der Waals surface area contributed by atoms with Gasteiger partial charge in [-0.15, -0.1) is 0 Å². The van der Waals surface area contributed by atoms with Gasteiger partial charge in [-0.2, -0.15) is 20.4 Å². The maximum absolute atomic E-state index is 13.9. The van der Waals surface area contributed by atoms with Gasteiger partial charge in [-0.1, -0.05) is 127 Å². The van der Waals surface area contributed by atoms with Gasteiger partial charge in [-0.3, -0.25) is 37.8 Å². The molecule has 21 heteroatoms. The first-order chi connectivity index (χ1) is 63.8. The Bertz CT molecular complexity index is 7810. The number of nitrogens with zero attached hydrogens (tertiary/aromatic N) is 17. The average Bonchev–Trinajstić information content (AvgIpc) is 1.88. The first-order valence-corrected chi connectivity index (χ1v) is 44.8. The maximum Gasteiger partial charge on any atom is 0.284 e. The molecule has 20 rings (SSSR count). The van der Waals surface area contributed by atoms with E-state index in [4.69, 9.17) is 20.4 Å². The third-order valence-corrected chi connectivity index (χ3v) is 26.1. The van der Waals surface area contributed by atoms with Crippen LogP contribution in [0.3, 0.4) is 0 Å². The van der Waals surface area contributed by atoms with Crippen molar-refractivity contribution in [1.82, 2.24) is 77.7 Å². The van der Waals surface area contributed by atoms with Crippen molar-refractivity contribution in [2.75, 3.05) is 11.4 Å². The first kappa shape index (κ1) is 89.2. The molecule has 0 spiro atoms. The van der Waals surface area contributed by atoms with E-state index in [1.165, 1.54) is 60.2 Å². The summed E-state index contributed by atoms with van der Waals surface area (Å²) in [4.78, 5) is 79.3. The summed E-state index contributed by atoms with van der Waals surface area (Å²) in [5.74, 6) is 1.23. The highest BCUT2D eigenvalue weighted by atomic mass is 16.2. The van der Waals surface area contributed by atoms with Crippen molar-refractivity contribution in [3.63, 3.8) is 0 Å². The van der Waals surface area contributed by atoms with Gasteiger partial charge in [0.25, 0.3) is 22.6 Å². The number of hydrogen-bond donors (Lipinski definition) is 0. The zero-order chi connectivity index (χ0) is 94.0. The zero-order valence-corrected chi connectivity index (χ0v) is 79.2. The number of aromatic nitrogens is 16. The predicted octanol–water partition coefficient (Wildman–Crippen LogP) is 22.7. The molecule has 0 bridgehead atoms. The van der Waals surface area contributed by atoms with E-state index in [9.17, 15) is 19.2 Å². The first-order valence-electron chi connectivity index (χ1n) is 44.8. The molecule has 11 heterocycles. The molecule has 0 saturated heterocycles. The van der Waals surface area contributed by atoms with Crippen LogP contribution in [0, 0.1) is 145 Å². The molecule has 0 aliphatic carbocycles. The third kappa shape index (κ3) is 16.9. The maximum atomic E-state index is 13.9. The molecule has 0 unspecified atom stereocenters. The van der Waals surface area contributed by atoms with E-state index in [0.717, 1.165) is 163 Å². The third-order valence-electron chi connectivity index (χ3n) is 26.1. The second-order valence-electron chi connectivity index (χ2n) is 35.4. The number of carbonyl (C=O) groups is 1. The van der Waals surface area contributed by atoms with Gasteiger partial charge in [-0.25, -0.2) is 43.6 Å². The van der Waals surface area contributed by atoms with Crippen molar-refractivity contribution in [3.8, 4) is 84.7 Å². The molecular formula is C112H107N17O4. The van der Waals surface area contributed by atoms with Gasteiger partial charge in [-0.05, 0) is 341 Å². The molecule has 0 N–H and O–H groups in total. The summed E-state index contributed by atoms with van der Waals surface area (Å²) in [6, 6.07) is 65.8. The lowest BCUT2D eigenvalue weighted by Gasteiger charge is -2.26. The molecule has 1 aliphatic heterocycles. The molecule has 1 amide bonds. The molecule has 21 nitrogen and oxygen atoms in total. The highest BCUT2D eigenvalue weighted by molar-refractivity contribution is 6.07. The average molecular weight is 1760 g/mol. The van der Waals surface area contributed by atoms with E-state index in [2.05, 4.69) is 251 Å². The minimum atomic E-state index is -0.200. The van der Waals surface area contributed by atoms with Gasteiger partial charge in [0.1, 0.15) is 28.1 Å². The Morgan fingerprint density at radius 1 is 0.256 bits per heavy atom. The fourth-order valence-electron chi connectivity index (χ4n) is 18.0. The van der Waals surface area contributed by atoms with E-state index in [1.807, 2.05) is 135 Å². The number of fused-ring (bicyclic) bond motifs is 4. The van der Waals surface area contributed by atoms with Gasteiger partial charge >= 0.3 is 0 Å². The largest absolute Gasteiger partial charge is 0.284 e. The Hall–Kier alpha value is -15.8. The molecule has 0 fully saturated rings. The molecule has 133 heavy (non-hydrogen) atoms. The highest BCUT2D eigenvalue weighted by Gasteiger charge is 2.34. The summed E-state index contributed by atoms with van der Waals surface area (Å²) in [6.07, 6.45) is 15.0. The van der Waals surface area contributed by atoms with Crippen LogP contribution in [-0.2, 0) is 6.42 Å². The summed E-state index contributed by atoms with van der Waals surface area (Å²) in [5, 5.41) is 21.5. The molecule has 9 aromatic carbocycles. The van der Waals surface area contributed by atoms with Crippen LogP contribution < -0.4 is 21.6 Å². The van der Waals surface area contributed by atoms with Crippen molar-refractivity contribution in [2.24, 2.45) is 0 Å². The van der Waals surface area contributed by atoms with Crippen molar-refractivity contribution < 1.29 is 4.79 Å². The van der Waals surface area contributed by atoms with E-state index in [0.29, 0.717) is 46.5 Å². The lowest BCUT2D eigenvalue weighted by molar-refractivity contribution is 0.0971. The van der Waals surface area contributed by atoms with Crippen LogP contribution in [0.15, 0.2) is 258 Å². The fourth-order valence-corrected chi connectivity index (χ4v) is 18.0. The molecule has 19 aromatic rings. The second kappa shape index (κ2) is 36.3. The van der Waals surface area contributed by atoms with E-state index < -0.39 is 0 Å². The molecule has 0 atom stereocenters. The Labute approximate surface area is 773 Å². The number of pyridine rings is 4. The van der Waals surface area contributed by atoms with Crippen LogP contribution >= 0.6 is 0 Å². The number of aryl methyl sites for hydroxylation is 21. The SMILES string of the molecule is Cc1cc(C)c(-n2nc(C)c3c2C(=O)N(c2ncc(-c4ccccc4C)cn2)CC3)cc1C.Cc1cc(C)c(-n2nc(C)c3ccn(-c4ccc(-c5ccccc5C)cc4C)c(=O)c32)cc1C.Cc1cc(C)c(-n2nc(C)c3ccn(-c4ccc(-c5ccccc5C)cn4)c(=O)c32)cc1C.Cc1cc(C)c(-n2nc(C)c3ccn(-c4ncc(-c5ccccc5C)cn4)c(=O)c32)cc1C. The van der Waals surface area contributed by atoms with Gasteiger partial charge in [0, 0.05) is 94.5 Å². The fraction of sp³-hybridized carbons (Fsp3) is 0.205. The Balaban J connectivity index is 0.000000124. The Morgan fingerprint density at radius 3 is 0.977 bits per heavy atom. The number of amides is 1. The van der Waals surface area contributed by atoms with E-state index in [-0.39, 0.29) is 22.6 Å². The van der Waals surface area contributed by atoms with E-state index >= 15 is 0 Å². The lowest BCUT2D eigenvalue weighted by atomic mass is 9.98. The van der Waals surface area contributed by atoms with Crippen LogP contribution in [0.4, 0.5) is 5.95 Å². The minimum Gasteiger partial charge on any atom is -0.282 e. The standard InChI is InChI=1S/C30H29N3O.C28H26N4O.C27H27N5O.C27H25N5O/c1-18-9-7-8-10-25(18)24-11-12-27(22(5)16-24)32-14-13-26-23(6)31-33(29(26)30(32)34)28-17-20(3)19(2)15-21(28)4;1-17-8-6-7-9-23(17)22-10-11-26(29-16-22)31-13-12-24-21(5)30-32(27(24)28(31)33)25-15-19(3)18(2)14-20(25)4;2*1-16-8-6-7-9-22(16)21-14-28-27(29-15-21)31-11-10-23-20(5)30-32(25(23)26(31)33)24-13-18(3)17(2)12-19(24)4/h7-17H,1-6H3;6-16H,1-5H3;6-9,12-15H,10-11H2,1-5H3;6-15H,1-5H3. The molecule has 664 valence electrons. The quantitative estimate of drug-likeness (QED) is 0.111. The molecule has 10 aromatic heterocycles. The smallest absolute Gasteiger partial charge is 0.282 e. The van der Waals surface area contributed by atoms with E-state index in [1.54, 1.807) is 60.6 Å². The lowest BCUT2D eigenvalue weighted by Crippen LogP contribution is -2.40. The Kier molecular flexibility index (Phi) is 24.3. The number of rotatable bonds is 12. The van der Waals surface area contributed by atoms with Crippen LogP contribution in [0.1, 0.15) is 133 Å².